The van der Waals surface area contributed by atoms with Crippen LogP contribution in [0.25, 0.3) is 0 Å². The van der Waals surface area contributed by atoms with Gasteiger partial charge in [0.05, 0.1) is 17.6 Å². The highest BCUT2D eigenvalue weighted by atomic mass is 19.1. The predicted octanol–water partition coefficient (Wildman–Crippen LogP) is 1.40. The minimum absolute atomic E-state index is 0.0628. The molecule has 0 fully saturated rings. The molecule has 1 rings (SSSR count). The fourth-order valence-electron chi connectivity index (χ4n) is 1.65. The number of rotatable bonds is 3. The first kappa shape index (κ1) is 15.7. The Bertz CT molecular complexity index is 596. The van der Waals surface area contributed by atoms with Crippen LogP contribution >= 0.6 is 0 Å². The highest BCUT2D eigenvalue weighted by Gasteiger charge is 2.17. The minimum Gasteiger partial charge on any atom is -0.384 e. The van der Waals surface area contributed by atoms with Gasteiger partial charge in [-0.25, -0.2) is 4.39 Å². The van der Waals surface area contributed by atoms with Crippen molar-refractivity contribution in [2.75, 3.05) is 20.2 Å². The molecule has 0 bridgehead atoms. The van der Waals surface area contributed by atoms with Crippen molar-refractivity contribution in [2.45, 2.75) is 6.92 Å². The average Bonchev–Trinajstić information content (AvgIpc) is 2.44. The number of amides is 1. The quantitative estimate of drug-likeness (QED) is 0.847. The Balaban J connectivity index is 2.92. The first-order valence-corrected chi connectivity index (χ1v) is 6.04. The van der Waals surface area contributed by atoms with Crippen LogP contribution in [-0.4, -0.2) is 36.1 Å². The lowest BCUT2D eigenvalue weighted by Gasteiger charge is -2.18. The summed E-state index contributed by atoms with van der Waals surface area (Å²) in [7, 11) is 1.52. The normalized spacial score (nSPS) is 10.9. The van der Waals surface area contributed by atoms with Crippen molar-refractivity contribution in [3.8, 4) is 17.9 Å². The predicted molar refractivity (Wildman–Crippen MR) is 72.1 cm³/mol. The molecule has 1 amide bonds. The molecule has 1 aromatic carbocycles. The van der Waals surface area contributed by atoms with Crippen LogP contribution < -0.4 is 0 Å². The number of carbonyl (C=O) groups is 1. The molecular formula is C15H15FN2O2. The van der Waals surface area contributed by atoms with Crippen LogP contribution in [0.1, 0.15) is 22.8 Å². The Hall–Kier alpha value is -2.37. The highest BCUT2D eigenvalue weighted by Crippen LogP contribution is 2.13. The van der Waals surface area contributed by atoms with Gasteiger partial charge < -0.3 is 10.0 Å². The Morgan fingerprint density at radius 3 is 2.80 bits per heavy atom. The van der Waals surface area contributed by atoms with E-state index in [4.69, 9.17) is 10.4 Å². The van der Waals surface area contributed by atoms with Crippen LogP contribution in [0, 0.1) is 34.9 Å². The van der Waals surface area contributed by atoms with Gasteiger partial charge in [0.25, 0.3) is 5.91 Å². The number of benzene rings is 1. The fourth-order valence-corrected chi connectivity index (χ4v) is 1.65. The molecule has 5 heteroatoms. The standard InChI is InChI=1S/C15H15FN2O2/c1-11(9-17)10-18(2)15(20)13-6-5-12(4-3-7-19)8-14(13)16/h5-6,8,11,19H,7,10H2,1-2H3. The van der Waals surface area contributed by atoms with E-state index < -0.39 is 11.7 Å². The van der Waals surface area contributed by atoms with Crippen LogP contribution in [0.15, 0.2) is 18.2 Å². The molecule has 1 atom stereocenters. The first-order chi connectivity index (χ1) is 9.49. The van der Waals surface area contributed by atoms with Crippen LogP contribution in [0.2, 0.25) is 0 Å². The maximum atomic E-state index is 13.9. The van der Waals surface area contributed by atoms with Crippen molar-refractivity contribution in [3.05, 3.63) is 35.1 Å². The van der Waals surface area contributed by atoms with E-state index in [9.17, 15) is 9.18 Å². The second kappa shape index (κ2) is 7.28. The fraction of sp³-hybridized carbons (Fsp3) is 0.333. The average molecular weight is 274 g/mol. The summed E-state index contributed by atoms with van der Waals surface area (Å²) < 4.78 is 13.9. The van der Waals surface area contributed by atoms with Gasteiger partial charge in [-0.3, -0.25) is 4.79 Å². The van der Waals surface area contributed by atoms with E-state index >= 15 is 0 Å². The van der Waals surface area contributed by atoms with E-state index in [-0.39, 0.29) is 24.6 Å². The number of nitrogens with zero attached hydrogens (tertiary/aromatic N) is 2. The zero-order chi connectivity index (χ0) is 15.1. The zero-order valence-corrected chi connectivity index (χ0v) is 11.4. The number of halogens is 1. The minimum atomic E-state index is -0.670. The summed E-state index contributed by atoms with van der Waals surface area (Å²) in [6.07, 6.45) is 0. The molecule has 1 aromatic rings. The van der Waals surface area contributed by atoms with Gasteiger partial charge in [-0.05, 0) is 25.1 Å². The van der Waals surface area contributed by atoms with Crippen molar-refractivity contribution in [1.29, 1.82) is 5.26 Å². The molecule has 0 aliphatic carbocycles. The molecule has 0 radical (unpaired) electrons. The summed E-state index contributed by atoms with van der Waals surface area (Å²) in [6.45, 7) is 1.62. The van der Waals surface area contributed by atoms with E-state index in [1.54, 1.807) is 6.92 Å². The molecule has 0 saturated heterocycles. The molecule has 0 aliphatic rings. The smallest absolute Gasteiger partial charge is 0.256 e. The number of hydrogen-bond acceptors (Lipinski definition) is 3. The molecule has 20 heavy (non-hydrogen) atoms. The molecule has 1 N–H and O–H groups in total. The first-order valence-electron chi connectivity index (χ1n) is 6.04. The number of aliphatic hydroxyl groups excluding tert-OH is 1. The second-order valence-electron chi connectivity index (χ2n) is 4.37. The van der Waals surface area contributed by atoms with Crippen molar-refractivity contribution in [1.82, 2.24) is 4.90 Å². The van der Waals surface area contributed by atoms with Crippen molar-refractivity contribution in [3.63, 3.8) is 0 Å². The van der Waals surface area contributed by atoms with Gasteiger partial charge in [-0.15, -0.1) is 0 Å². The summed E-state index contributed by atoms with van der Waals surface area (Å²) >= 11 is 0. The highest BCUT2D eigenvalue weighted by molar-refractivity contribution is 5.94. The molecular weight excluding hydrogens is 259 g/mol. The van der Waals surface area contributed by atoms with Gasteiger partial charge in [0.15, 0.2) is 0 Å². The molecule has 104 valence electrons. The third-order valence-corrected chi connectivity index (χ3v) is 2.63. The lowest BCUT2D eigenvalue weighted by Crippen LogP contribution is -2.31. The number of nitriles is 1. The van der Waals surface area contributed by atoms with Gasteiger partial charge in [0.2, 0.25) is 0 Å². The lowest BCUT2D eigenvalue weighted by atomic mass is 10.1. The van der Waals surface area contributed by atoms with E-state index in [0.717, 1.165) is 6.07 Å². The van der Waals surface area contributed by atoms with Crippen molar-refractivity contribution < 1.29 is 14.3 Å². The van der Waals surface area contributed by atoms with Gasteiger partial charge in [0, 0.05) is 19.2 Å². The van der Waals surface area contributed by atoms with Crippen molar-refractivity contribution in [2.24, 2.45) is 5.92 Å². The summed E-state index contributed by atoms with van der Waals surface area (Å²) in [5.74, 6) is 3.50. The lowest BCUT2D eigenvalue weighted by molar-refractivity contribution is 0.0780. The second-order valence-corrected chi connectivity index (χ2v) is 4.37. The number of hydrogen-bond donors (Lipinski definition) is 1. The third kappa shape index (κ3) is 4.08. The van der Waals surface area contributed by atoms with E-state index in [0.29, 0.717) is 5.56 Å². The maximum absolute atomic E-state index is 13.9. The van der Waals surface area contributed by atoms with E-state index in [2.05, 4.69) is 11.8 Å². The molecule has 0 aromatic heterocycles. The summed E-state index contributed by atoms with van der Waals surface area (Å²) in [4.78, 5) is 13.4. The summed E-state index contributed by atoms with van der Waals surface area (Å²) in [5.41, 5.74) is 0.327. The van der Waals surface area contributed by atoms with Crippen LogP contribution in [0.5, 0.6) is 0 Å². The Morgan fingerprint density at radius 2 is 2.25 bits per heavy atom. The van der Waals surface area contributed by atoms with E-state index in [1.807, 2.05) is 6.07 Å². The Morgan fingerprint density at radius 1 is 1.55 bits per heavy atom. The van der Waals surface area contributed by atoms with Gasteiger partial charge >= 0.3 is 0 Å². The third-order valence-electron chi connectivity index (χ3n) is 2.63. The molecule has 0 aliphatic heterocycles. The monoisotopic (exact) mass is 274 g/mol. The summed E-state index contributed by atoms with van der Waals surface area (Å²) in [6, 6.07) is 6.04. The topological polar surface area (TPSA) is 64.3 Å². The van der Waals surface area contributed by atoms with Gasteiger partial charge in [-0.2, -0.15) is 5.26 Å². The Labute approximate surface area is 117 Å². The van der Waals surface area contributed by atoms with Crippen molar-refractivity contribution >= 4 is 5.91 Å². The number of aliphatic hydroxyl groups is 1. The molecule has 0 heterocycles. The summed E-state index contributed by atoms with van der Waals surface area (Å²) in [5, 5.41) is 17.3. The molecule has 0 spiro atoms. The van der Waals surface area contributed by atoms with Gasteiger partial charge in [-0.1, -0.05) is 11.8 Å². The Kier molecular flexibility index (Phi) is 5.71. The molecule has 0 saturated carbocycles. The SMILES string of the molecule is CC(C#N)CN(C)C(=O)c1ccc(C#CCO)cc1F. The molecule has 4 nitrogen and oxygen atoms in total. The van der Waals surface area contributed by atoms with E-state index in [1.165, 1.54) is 24.1 Å². The zero-order valence-electron chi connectivity index (χ0n) is 11.4. The van der Waals surface area contributed by atoms with Crippen LogP contribution in [0.4, 0.5) is 4.39 Å². The van der Waals surface area contributed by atoms with Crippen LogP contribution in [-0.2, 0) is 0 Å². The largest absolute Gasteiger partial charge is 0.384 e. The maximum Gasteiger partial charge on any atom is 0.256 e. The number of carbonyl (C=O) groups excluding carboxylic acids is 1. The van der Waals surface area contributed by atoms with Gasteiger partial charge in [0.1, 0.15) is 12.4 Å². The van der Waals surface area contributed by atoms with Crippen LogP contribution in [0.3, 0.4) is 0 Å². The molecule has 1 unspecified atom stereocenters.